The standard InChI is InChI=1S/C14H17N5O3S/c1-14(2,3)13-16-10-7-9(5-6-11(10)22-13)17-23(20,21)12-8-15-18-19(12)4/h5-8,17H,1-4H3. The lowest BCUT2D eigenvalue weighted by atomic mass is 9.97. The van der Waals surface area contributed by atoms with Crippen LogP contribution in [0, 0.1) is 0 Å². The highest BCUT2D eigenvalue weighted by Crippen LogP contribution is 2.27. The number of oxazole rings is 1. The van der Waals surface area contributed by atoms with E-state index in [0.717, 1.165) is 0 Å². The van der Waals surface area contributed by atoms with E-state index >= 15 is 0 Å². The SMILES string of the molecule is Cn1nncc1S(=O)(=O)Nc1ccc2oc(C(C)(C)C)nc2c1. The Morgan fingerprint density at radius 3 is 2.61 bits per heavy atom. The van der Waals surface area contributed by atoms with Crippen LogP contribution >= 0.6 is 0 Å². The molecule has 0 spiro atoms. The van der Waals surface area contributed by atoms with Crippen LogP contribution in [-0.4, -0.2) is 28.4 Å². The van der Waals surface area contributed by atoms with E-state index in [9.17, 15) is 8.42 Å². The fraction of sp³-hybridized carbons (Fsp3) is 0.357. The number of benzene rings is 1. The Hall–Kier alpha value is -2.42. The highest BCUT2D eigenvalue weighted by molar-refractivity contribution is 7.92. The summed E-state index contributed by atoms with van der Waals surface area (Å²) in [7, 11) is -2.25. The van der Waals surface area contributed by atoms with Gasteiger partial charge in [-0.15, -0.1) is 5.10 Å². The molecule has 3 aromatic rings. The number of anilines is 1. The minimum absolute atomic E-state index is 0.0202. The van der Waals surface area contributed by atoms with Crippen LogP contribution in [0.15, 0.2) is 33.8 Å². The molecule has 122 valence electrons. The Morgan fingerprint density at radius 1 is 1.26 bits per heavy atom. The van der Waals surface area contributed by atoms with Gasteiger partial charge < -0.3 is 4.42 Å². The van der Waals surface area contributed by atoms with Crippen molar-refractivity contribution in [3.63, 3.8) is 0 Å². The summed E-state index contributed by atoms with van der Waals surface area (Å²) in [5.74, 6) is 0.600. The summed E-state index contributed by atoms with van der Waals surface area (Å²) >= 11 is 0. The molecule has 0 unspecified atom stereocenters. The van der Waals surface area contributed by atoms with E-state index in [-0.39, 0.29) is 10.4 Å². The van der Waals surface area contributed by atoms with Crippen LogP contribution in [0.25, 0.3) is 11.1 Å². The van der Waals surface area contributed by atoms with Gasteiger partial charge in [0.2, 0.25) is 5.89 Å². The lowest BCUT2D eigenvalue weighted by molar-refractivity contribution is 0.411. The molecular formula is C14H17N5O3S. The van der Waals surface area contributed by atoms with Gasteiger partial charge in [-0.05, 0) is 18.2 Å². The maximum atomic E-state index is 12.3. The molecule has 0 atom stereocenters. The van der Waals surface area contributed by atoms with Crippen molar-refractivity contribution < 1.29 is 12.8 Å². The average Bonchev–Trinajstić information content (AvgIpc) is 3.03. The van der Waals surface area contributed by atoms with Crippen LogP contribution in [0.1, 0.15) is 26.7 Å². The molecule has 1 N–H and O–H groups in total. The molecule has 2 heterocycles. The van der Waals surface area contributed by atoms with Crippen molar-refractivity contribution in [3.8, 4) is 0 Å². The Bertz CT molecular complexity index is 966. The maximum Gasteiger partial charge on any atom is 0.280 e. The molecule has 0 amide bonds. The molecular weight excluding hydrogens is 318 g/mol. The second-order valence-corrected chi connectivity index (χ2v) is 7.88. The first kappa shape index (κ1) is 15.5. The zero-order valence-electron chi connectivity index (χ0n) is 13.2. The molecule has 0 radical (unpaired) electrons. The molecule has 0 fully saturated rings. The normalized spacial score (nSPS) is 12.7. The minimum Gasteiger partial charge on any atom is -0.440 e. The Kier molecular flexibility index (Phi) is 3.40. The summed E-state index contributed by atoms with van der Waals surface area (Å²) in [4.78, 5) is 4.42. The maximum absolute atomic E-state index is 12.3. The van der Waals surface area contributed by atoms with E-state index in [0.29, 0.717) is 22.7 Å². The van der Waals surface area contributed by atoms with Gasteiger partial charge in [-0.2, -0.15) is 8.42 Å². The summed E-state index contributed by atoms with van der Waals surface area (Å²) in [5.41, 5.74) is 1.38. The predicted molar refractivity (Wildman–Crippen MR) is 84.5 cm³/mol. The minimum atomic E-state index is -3.76. The molecule has 0 saturated carbocycles. The molecule has 1 aromatic carbocycles. The first-order valence-electron chi connectivity index (χ1n) is 6.95. The van der Waals surface area contributed by atoms with E-state index < -0.39 is 10.0 Å². The largest absolute Gasteiger partial charge is 0.440 e. The van der Waals surface area contributed by atoms with Gasteiger partial charge in [-0.1, -0.05) is 26.0 Å². The van der Waals surface area contributed by atoms with Crippen LogP contribution in [0.4, 0.5) is 5.69 Å². The van der Waals surface area contributed by atoms with E-state index in [4.69, 9.17) is 4.42 Å². The smallest absolute Gasteiger partial charge is 0.280 e. The third kappa shape index (κ3) is 2.91. The van der Waals surface area contributed by atoms with Crippen LogP contribution in [0.2, 0.25) is 0 Å². The van der Waals surface area contributed by atoms with Crippen molar-refractivity contribution in [2.24, 2.45) is 7.05 Å². The number of hydrogen-bond acceptors (Lipinski definition) is 6. The molecule has 3 rings (SSSR count). The van der Waals surface area contributed by atoms with Gasteiger partial charge >= 0.3 is 0 Å². The highest BCUT2D eigenvalue weighted by Gasteiger charge is 2.22. The molecule has 23 heavy (non-hydrogen) atoms. The monoisotopic (exact) mass is 335 g/mol. The fourth-order valence-corrected chi connectivity index (χ4v) is 3.15. The first-order valence-corrected chi connectivity index (χ1v) is 8.44. The third-order valence-corrected chi connectivity index (χ3v) is 4.65. The number of aryl methyl sites for hydroxylation is 1. The zero-order valence-corrected chi connectivity index (χ0v) is 14.0. The number of hydrogen-bond donors (Lipinski definition) is 1. The molecule has 9 heteroatoms. The molecule has 0 aliphatic carbocycles. The van der Waals surface area contributed by atoms with Crippen LogP contribution in [0.3, 0.4) is 0 Å². The predicted octanol–water partition coefficient (Wildman–Crippen LogP) is 2.05. The van der Waals surface area contributed by atoms with E-state index in [2.05, 4.69) is 20.0 Å². The second-order valence-electron chi connectivity index (χ2n) is 6.25. The van der Waals surface area contributed by atoms with E-state index in [1.165, 1.54) is 17.9 Å². The number of nitrogens with one attached hydrogen (secondary N) is 1. The fourth-order valence-electron chi connectivity index (χ4n) is 2.04. The topological polar surface area (TPSA) is 103 Å². The van der Waals surface area contributed by atoms with Crippen molar-refractivity contribution in [1.82, 2.24) is 20.0 Å². The molecule has 0 bridgehead atoms. The van der Waals surface area contributed by atoms with Crippen molar-refractivity contribution in [2.75, 3.05) is 4.72 Å². The van der Waals surface area contributed by atoms with Crippen LogP contribution in [-0.2, 0) is 22.5 Å². The number of sulfonamides is 1. The zero-order chi connectivity index (χ0) is 16.8. The van der Waals surface area contributed by atoms with Gasteiger partial charge in [0.25, 0.3) is 10.0 Å². The highest BCUT2D eigenvalue weighted by atomic mass is 32.2. The van der Waals surface area contributed by atoms with Crippen molar-refractivity contribution >= 4 is 26.8 Å². The van der Waals surface area contributed by atoms with Gasteiger partial charge in [0.15, 0.2) is 10.6 Å². The Balaban J connectivity index is 1.97. The van der Waals surface area contributed by atoms with Crippen LogP contribution < -0.4 is 4.72 Å². The average molecular weight is 335 g/mol. The molecule has 0 saturated heterocycles. The van der Waals surface area contributed by atoms with E-state index in [1.807, 2.05) is 20.8 Å². The summed E-state index contributed by atoms with van der Waals surface area (Å²) < 4.78 is 34.0. The molecule has 2 aromatic heterocycles. The van der Waals surface area contributed by atoms with Crippen molar-refractivity contribution in [1.29, 1.82) is 0 Å². The first-order chi connectivity index (χ1) is 10.7. The molecule has 0 aliphatic heterocycles. The summed E-state index contributed by atoms with van der Waals surface area (Å²) in [6, 6.07) is 4.95. The third-order valence-electron chi connectivity index (χ3n) is 3.23. The lowest BCUT2D eigenvalue weighted by Crippen LogP contribution is -2.16. The van der Waals surface area contributed by atoms with E-state index in [1.54, 1.807) is 18.2 Å². The van der Waals surface area contributed by atoms with Crippen molar-refractivity contribution in [3.05, 3.63) is 30.3 Å². The van der Waals surface area contributed by atoms with Gasteiger partial charge in [-0.25, -0.2) is 9.67 Å². The van der Waals surface area contributed by atoms with Gasteiger partial charge in [-0.3, -0.25) is 4.72 Å². The Morgan fingerprint density at radius 2 is 2.00 bits per heavy atom. The summed E-state index contributed by atoms with van der Waals surface area (Å²) in [5, 5.41) is 7.18. The molecule has 8 nitrogen and oxygen atoms in total. The number of fused-ring (bicyclic) bond motifs is 1. The van der Waals surface area contributed by atoms with Gasteiger partial charge in [0.1, 0.15) is 5.52 Å². The number of nitrogens with zero attached hydrogens (tertiary/aromatic N) is 4. The van der Waals surface area contributed by atoms with Gasteiger partial charge in [0.05, 0.1) is 11.9 Å². The summed E-state index contributed by atoms with van der Waals surface area (Å²) in [6.07, 6.45) is 1.19. The number of rotatable bonds is 3. The van der Waals surface area contributed by atoms with Crippen molar-refractivity contribution in [2.45, 2.75) is 31.2 Å². The number of aromatic nitrogens is 4. The Labute approximate surface area is 133 Å². The second kappa shape index (κ2) is 5.05. The lowest BCUT2D eigenvalue weighted by Gasteiger charge is -2.11. The molecule has 0 aliphatic rings. The van der Waals surface area contributed by atoms with Gasteiger partial charge in [0, 0.05) is 12.5 Å². The van der Waals surface area contributed by atoms with Crippen LogP contribution in [0.5, 0.6) is 0 Å². The summed E-state index contributed by atoms with van der Waals surface area (Å²) in [6.45, 7) is 5.99. The quantitative estimate of drug-likeness (QED) is 0.786.